The van der Waals surface area contributed by atoms with Crippen LogP contribution in [0.4, 0.5) is 0 Å². The third-order valence-corrected chi connectivity index (χ3v) is 9.61. The van der Waals surface area contributed by atoms with Gasteiger partial charge in [0.25, 0.3) is 0 Å². The van der Waals surface area contributed by atoms with E-state index in [0.717, 1.165) is 37.8 Å². The molecule has 1 heterocycles. The minimum atomic E-state index is 0.275. The van der Waals surface area contributed by atoms with E-state index in [1.807, 2.05) is 0 Å². The number of allylic oxidation sites excluding steroid dienone is 8. The molecule has 3 unspecified atom stereocenters. The summed E-state index contributed by atoms with van der Waals surface area (Å²) >= 11 is 0. The van der Waals surface area contributed by atoms with Crippen LogP contribution in [0.25, 0.3) is 49.1 Å². The molecule has 1 heteroatoms. The average molecular weight is 584 g/mol. The highest BCUT2D eigenvalue weighted by Crippen LogP contribution is 2.46. The number of fused-ring (bicyclic) bond motifs is 3. The molecule has 45 heavy (non-hydrogen) atoms. The van der Waals surface area contributed by atoms with Crippen molar-refractivity contribution in [1.29, 1.82) is 0 Å². The molecule has 222 valence electrons. The van der Waals surface area contributed by atoms with Gasteiger partial charge in [-0.2, -0.15) is 0 Å². The SMILES string of the molecule is C=CCC(/C=C\CCC)c1c2ccccc2c(-c2ccc(C3=CCC(C4C=CC=CC4)C=N3)c3ccccc23)c2ccccc12. The molecule has 0 spiro atoms. The lowest BCUT2D eigenvalue weighted by atomic mass is 9.81. The standard InChI is InChI=1S/C44H41N/c1-3-5-7-19-32(16-4-2)43-37-22-12-14-24-39(37)44(40-25-15-13-23-38(40)43)41-28-27-36(34-20-10-11-21-35(34)41)42-29-26-33(30-45-42)31-17-8-6-9-18-31/h4,6-15,17,19-25,27-33H,2-3,5,16,18,26H2,1H3/b19-7-. The van der Waals surface area contributed by atoms with Gasteiger partial charge in [0, 0.05) is 23.6 Å². The van der Waals surface area contributed by atoms with Gasteiger partial charge in [0.05, 0.1) is 5.70 Å². The van der Waals surface area contributed by atoms with Crippen LogP contribution in [0.5, 0.6) is 0 Å². The van der Waals surface area contributed by atoms with Crippen LogP contribution in [0.3, 0.4) is 0 Å². The maximum absolute atomic E-state index is 5.05. The van der Waals surface area contributed by atoms with Gasteiger partial charge >= 0.3 is 0 Å². The number of hydrogen-bond donors (Lipinski definition) is 0. The molecule has 0 bridgehead atoms. The molecule has 5 aromatic rings. The number of rotatable bonds is 9. The summed E-state index contributed by atoms with van der Waals surface area (Å²) in [6, 6.07) is 31.5. The molecule has 1 aliphatic heterocycles. The fourth-order valence-electron chi connectivity index (χ4n) is 7.41. The fourth-order valence-corrected chi connectivity index (χ4v) is 7.41. The fraction of sp³-hybridized carbons (Fsp3) is 0.205. The van der Waals surface area contributed by atoms with Crippen LogP contribution in [-0.2, 0) is 0 Å². The normalized spacial score (nSPS) is 18.6. The van der Waals surface area contributed by atoms with E-state index in [1.165, 1.54) is 54.6 Å². The molecule has 0 N–H and O–H groups in total. The van der Waals surface area contributed by atoms with Crippen molar-refractivity contribution in [3.8, 4) is 11.1 Å². The summed E-state index contributed by atoms with van der Waals surface area (Å²) in [6.07, 6.45) is 25.6. The van der Waals surface area contributed by atoms with Gasteiger partial charge in [0.1, 0.15) is 0 Å². The maximum Gasteiger partial charge on any atom is 0.0664 e. The molecule has 5 aromatic carbocycles. The van der Waals surface area contributed by atoms with Crippen LogP contribution < -0.4 is 0 Å². The number of hydrogen-bond acceptors (Lipinski definition) is 1. The third kappa shape index (κ3) is 5.53. The predicted molar refractivity (Wildman–Crippen MR) is 197 cm³/mol. The first-order valence-corrected chi connectivity index (χ1v) is 16.6. The van der Waals surface area contributed by atoms with Gasteiger partial charge in [0.15, 0.2) is 0 Å². The topological polar surface area (TPSA) is 12.4 Å². The number of nitrogens with zero attached hydrogens (tertiary/aromatic N) is 1. The van der Waals surface area contributed by atoms with Crippen molar-refractivity contribution in [1.82, 2.24) is 0 Å². The Bertz CT molecular complexity index is 1970. The molecular weight excluding hydrogens is 542 g/mol. The summed E-state index contributed by atoms with van der Waals surface area (Å²) in [4.78, 5) is 5.05. The second kappa shape index (κ2) is 13.1. The van der Waals surface area contributed by atoms with Crippen LogP contribution in [-0.4, -0.2) is 6.21 Å². The number of unbranched alkanes of at least 4 members (excludes halogenated alkanes) is 1. The summed E-state index contributed by atoms with van der Waals surface area (Å²) in [6.45, 7) is 6.37. The van der Waals surface area contributed by atoms with E-state index in [0.29, 0.717) is 11.8 Å². The van der Waals surface area contributed by atoms with Crippen LogP contribution in [0, 0.1) is 11.8 Å². The van der Waals surface area contributed by atoms with Crippen LogP contribution in [0.2, 0.25) is 0 Å². The van der Waals surface area contributed by atoms with Crippen molar-refractivity contribution < 1.29 is 0 Å². The Kier molecular flexibility index (Phi) is 8.43. The van der Waals surface area contributed by atoms with Gasteiger partial charge in [-0.15, -0.1) is 6.58 Å². The molecule has 1 nitrogen and oxygen atoms in total. The Morgan fingerprint density at radius 2 is 1.40 bits per heavy atom. The first-order chi connectivity index (χ1) is 22.3. The van der Waals surface area contributed by atoms with Crippen molar-refractivity contribution in [3.05, 3.63) is 151 Å². The molecule has 3 atom stereocenters. The van der Waals surface area contributed by atoms with Gasteiger partial charge in [-0.05, 0) is 80.6 Å². The molecule has 7 rings (SSSR count). The average Bonchev–Trinajstić information content (AvgIpc) is 3.10. The van der Waals surface area contributed by atoms with Crippen molar-refractivity contribution in [3.63, 3.8) is 0 Å². The largest absolute Gasteiger partial charge is 0.261 e. The summed E-state index contributed by atoms with van der Waals surface area (Å²) in [5.41, 5.74) is 6.27. The van der Waals surface area contributed by atoms with Crippen molar-refractivity contribution in [2.24, 2.45) is 16.8 Å². The van der Waals surface area contributed by atoms with Crippen LogP contribution >= 0.6 is 0 Å². The highest BCUT2D eigenvalue weighted by molar-refractivity contribution is 6.19. The Morgan fingerprint density at radius 3 is 2.00 bits per heavy atom. The van der Waals surface area contributed by atoms with E-state index >= 15 is 0 Å². The summed E-state index contributed by atoms with van der Waals surface area (Å²) in [5, 5.41) is 7.77. The first-order valence-electron chi connectivity index (χ1n) is 16.6. The highest BCUT2D eigenvalue weighted by Gasteiger charge is 2.23. The molecule has 0 radical (unpaired) electrons. The minimum absolute atomic E-state index is 0.275. The molecule has 2 aliphatic rings. The molecule has 0 saturated heterocycles. The number of benzene rings is 5. The van der Waals surface area contributed by atoms with Gasteiger partial charge in [-0.3, -0.25) is 4.99 Å². The summed E-state index contributed by atoms with van der Waals surface area (Å²) < 4.78 is 0. The number of aliphatic imine (C=N–C) groups is 1. The van der Waals surface area contributed by atoms with E-state index in [9.17, 15) is 0 Å². The van der Waals surface area contributed by atoms with Gasteiger partial charge in [-0.1, -0.05) is 147 Å². The second-order valence-corrected chi connectivity index (χ2v) is 12.4. The Morgan fingerprint density at radius 1 is 0.756 bits per heavy atom. The molecule has 0 saturated carbocycles. The molecule has 0 fully saturated rings. The lowest BCUT2D eigenvalue weighted by molar-refractivity contribution is 0.514. The second-order valence-electron chi connectivity index (χ2n) is 12.4. The van der Waals surface area contributed by atoms with Crippen LogP contribution in [0.15, 0.2) is 145 Å². The minimum Gasteiger partial charge on any atom is -0.261 e. The smallest absolute Gasteiger partial charge is 0.0664 e. The molecule has 1 aliphatic carbocycles. The monoisotopic (exact) mass is 583 g/mol. The van der Waals surface area contributed by atoms with E-state index in [1.54, 1.807) is 0 Å². The van der Waals surface area contributed by atoms with Gasteiger partial charge in [-0.25, -0.2) is 0 Å². The Hall–Kier alpha value is -4.75. The molecular formula is C44H41N. The van der Waals surface area contributed by atoms with Gasteiger partial charge < -0.3 is 0 Å². The third-order valence-electron chi connectivity index (χ3n) is 9.61. The Balaban J connectivity index is 1.40. The lowest BCUT2D eigenvalue weighted by Crippen LogP contribution is -2.16. The van der Waals surface area contributed by atoms with Crippen molar-refractivity contribution >= 4 is 44.2 Å². The zero-order valence-corrected chi connectivity index (χ0v) is 26.2. The Labute approximate surface area is 267 Å². The van der Waals surface area contributed by atoms with E-state index < -0.39 is 0 Å². The van der Waals surface area contributed by atoms with E-state index in [2.05, 4.69) is 153 Å². The zero-order valence-electron chi connectivity index (χ0n) is 26.2. The summed E-state index contributed by atoms with van der Waals surface area (Å²) in [5.74, 6) is 1.27. The van der Waals surface area contributed by atoms with Crippen molar-refractivity contribution in [2.75, 3.05) is 0 Å². The highest BCUT2D eigenvalue weighted by atomic mass is 14.7. The maximum atomic E-state index is 5.05. The molecule has 0 aromatic heterocycles. The quantitative estimate of drug-likeness (QED) is 0.121. The van der Waals surface area contributed by atoms with Gasteiger partial charge in [0.2, 0.25) is 0 Å². The molecule has 0 amide bonds. The zero-order chi connectivity index (χ0) is 30.6. The van der Waals surface area contributed by atoms with Crippen molar-refractivity contribution in [2.45, 2.75) is 44.9 Å². The van der Waals surface area contributed by atoms with Crippen LogP contribution in [0.1, 0.15) is 56.1 Å². The first kappa shape index (κ1) is 29.0. The van der Waals surface area contributed by atoms with E-state index in [-0.39, 0.29) is 5.92 Å². The lowest BCUT2D eigenvalue weighted by Gasteiger charge is -2.24. The summed E-state index contributed by atoms with van der Waals surface area (Å²) in [7, 11) is 0. The predicted octanol–water partition coefficient (Wildman–Crippen LogP) is 12.4. The van der Waals surface area contributed by atoms with E-state index in [4.69, 9.17) is 4.99 Å².